The summed E-state index contributed by atoms with van der Waals surface area (Å²) in [6.45, 7) is 13.3. The Balaban J connectivity index is 2.61. The second kappa shape index (κ2) is 6.66. The number of hydrogen-bond donors (Lipinski definition) is 0. The van der Waals surface area contributed by atoms with Crippen LogP contribution in [-0.2, 0) is 0 Å². The minimum Gasteiger partial charge on any atom is -0.207 e. The average molecular weight is 330 g/mol. The maximum absolute atomic E-state index is 13.4. The molecular formula is C22H28F2. The molecule has 0 bridgehead atoms. The summed E-state index contributed by atoms with van der Waals surface area (Å²) in [5, 5.41) is 0. The molecule has 0 nitrogen and oxygen atoms in total. The Morgan fingerprint density at radius 3 is 1.00 bits per heavy atom. The molecule has 0 amide bonds. The molecule has 2 heteroatoms. The summed E-state index contributed by atoms with van der Waals surface area (Å²) in [5.74, 6) is -0.0758. The highest BCUT2D eigenvalue weighted by molar-refractivity contribution is 5.32. The van der Waals surface area contributed by atoms with E-state index in [0.29, 0.717) is 0 Å². The van der Waals surface area contributed by atoms with Gasteiger partial charge in [-0.1, -0.05) is 65.8 Å². The molecule has 2 aromatic carbocycles. The fourth-order valence-corrected chi connectivity index (χ4v) is 3.73. The fraction of sp³-hybridized carbons (Fsp3) is 0.455. The zero-order valence-electron chi connectivity index (χ0n) is 15.5. The molecule has 0 saturated carbocycles. The summed E-state index contributed by atoms with van der Waals surface area (Å²) < 4.78 is 26.8. The van der Waals surface area contributed by atoms with Gasteiger partial charge in [0.05, 0.1) is 0 Å². The minimum atomic E-state index is -0.222. The first-order valence-corrected chi connectivity index (χ1v) is 8.51. The Morgan fingerprint density at radius 1 is 0.542 bits per heavy atom. The van der Waals surface area contributed by atoms with Gasteiger partial charge in [0, 0.05) is 0 Å². The highest BCUT2D eigenvalue weighted by atomic mass is 19.1. The highest BCUT2D eigenvalue weighted by Gasteiger charge is 2.40. The van der Waals surface area contributed by atoms with Crippen LogP contribution in [0.5, 0.6) is 0 Å². The van der Waals surface area contributed by atoms with Gasteiger partial charge in [-0.25, -0.2) is 8.78 Å². The largest absolute Gasteiger partial charge is 0.207 e. The van der Waals surface area contributed by atoms with Gasteiger partial charge >= 0.3 is 0 Å². The molecule has 0 fully saturated rings. The van der Waals surface area contributed by atoms with Crippen LogP contribution in [0.1, 0.15) is 64.5 Å². The monoisotopic (exact) mass is 330 g/mol. The van der Waals surface area contributed by atoms with Gasteiger partial charge in [0.15, 0.2) is 0 Å². The van der Waals surface area contributed by atoms with E-state index in [1.165, 1.54) is 24.3 Å². The topological polar surface area (TPSA) is 0 Å². The van der Waals surface area contributed by atoms with E-state index in [0.717, 1.165) is 11.1 Å². The predicted octanol–water partition coefficient (Wildman–Crippen LogP) is 6.92. The van der Waals surface area contributed by atoms with Crippen molar-refractivity contribution < 1.29 is 8.78 Å². The van der Waals surface area contributed by atoms with E-state index in [4.69, 9.17) is 0 Å². The van der Waals surface area contributed by atoms with E-state index in [1.807, 2.05) is 24.3 Å². The first-order valence-electron chi connectivity index (χ1n) is 8.51. The molecule has 0 aliphatic carbocycles. The molecule has 0 N–H and O–H groups in total. The van der Waals surface area contributed by atoms with Crippen LogP contribution >= 0.6 is 0 Å². The lowest BCUT2D eigenvalue weighted by atomic mass is 9.60. The predicted molar refractivity (Wildman–Crippen MR) is 97.2 cm³/mol. The van der Waals surface area contributed by atoms with Gasteiger partial charge < -0.3 is 0 Å². The lowest BCUT2D eigenvalue weighted by Crippen LogP contribution is -2.32. The molecule has 2 aromatic rings. The van der Waals surface area contributed by atoms with Crippen LogP contribution in [0.2, 0.25) is 0 Å². The minimum absolute atomic E-state index is 0.0236. The van der Waals surface area contributed by atoms with Gasteiger partial charge in [0.2, 0.25) is 0 Å². The van der Waals surface area contributed by atoms with Gasteiger partial charge in [-0.3, -0.25) is 0 Å². The molecular weight excluding hydrogens is 302 g/mol. The molecule has 0 spiro atoms. The zero-order valence-corrected chi connectivity index (χ0v) is 15.5. The molecule has 0 saturated heterocycles. The lowest BCUT2D eigenvalue weighted by Gasteiger charge is -2.44. The SMILES string of the molecule is CC(C)(C)C(c1ccc(F)cc1)C(c1ccc(F)cc1)C(C)(C)C. The summed E-state index contributed by atoms with van der Waals surface area (Å²) in [6, 6.07) is 13.6. The van der Waals surface area contributed by atoms with Crippen molar-refractivity contribution in [1.29, 1.82) is 0 Å². The Bertz CT molecular complexity index is 594. The molecule has 0 heterocycles. The Labute approximate surface area is 144 Å². The van der Waals surface area contributed by atoms with Crippen LogP contribution in [0.3, 0.4) is 0 Å². The Hall–Kier alpha value is -1.70. The van der Waals surface area contributed by atoms with E-state index >= 15 is 0 Å². The molecule has 2 atom stereocenters. The number of hydrogen-bond acceptors (Lipinski definition) is 0. The van der Waals surface area contributed by atoms with Gasteiger partial charge in [-0.05, 0) is 58.1 Å². The van der Waals surface area contributed by atoms with Gasteiger partial charge in [-0.15, -0.1) is 0 Å². The van der Waals surface area contributed by atoms with Crippen LogP contribution in [0.25, 0.3) is 0 Å². The second-order valence-corrected chi connectivity index (χ2v) is 8.79. The second-order valence-electron chi connectivity index (χ2n) is 8.79. The lowest BCUT2D eigenvalue weighted by molar-refractivity contribution is 0.186. The van der Waals surface area contributed by atoms with Crippen molar-refractivity contribution in [3.63, 3.8) is 0 Å². The van der Waals surface area contributed by atoms with Gasteiger partial charge in [0.1, 0.15) is 11.6 Å². The van der Waals surface area contributed by atoms with Crippen molar-refractivity contribution in [3.05, 3.63) is 71.3 Å². The highest BCUT2D eigenvalue weighted by Crippen LogP contribution is 2.52. The normalized spacial score (nSPS) is 15.2. The molecule has 2 rings (SSSR count). The summed E-state index contributed by atoms with van der Waals surface area (Å²) >= 11 is 0. The number of benzene rings is 2. The molecule has 24 heavy (non-hydrogen) atoms. The smallest absolute Gasteiger partial charge is 0.123 e. The summed E-state index contributed by atoms with van der Waals surface area (Å²) in [4.78, 5) is 0. The van der Waals surface area contributed by atoms with Gasteiger partial charge in [-0.2, -0.15) is 0 Å². The Kier molecular flexibility index (Phi) is 5.17. The third kappa shape index (κ3) is 4.23. The van der Waals surface area contributed by atoms with Crippen molar-refractivity contribution in [3.8, 4) is 0 Å². The van der Waals surface area contributed by atoms with E-state index in [9.17, 15) is 8.78 Å². The van der Waals surface area contributed by atoms with Gasteiger partial charge in [0.25, 0.3) is 0 Å². The third-order valence-electron chi connectivity index (χ3n) is 4.66. The van der Waals surface area contributed by atoms with Crippen molar-refractivity contribution in [1.82, 2.24) is 0 Å². The van der Waals surface area contributed by atoms with Crippen LogP contribution in [-0.4, -0.2) is 0 Å². The molecule has 130 valence electrons. The van der Waals surface area contributed by atoms with Crippen molar-refractivity contribution in [2.45, 2.75) is 53.4 Å². The summed E-state index contributed by atoms with van der Waals surface area (Å²) in [7, 11) is 0. The van der Waals surface area contributed by atoms with Crippen LogP contribution in [0.15, 0.2) is 48.5 Å². The van der Waals surface area contributed by atoms with Crippen molar-refractivity contribution in [2.75, 3.05) is 0 Å². The summed E-state index contributed by atoms with van der Waals surface area (Å²) in [6.07, 6.45) is 0. The van der Waals surface area contributed by atoms with E-state index in [-0.39, 0.29) is 34.3 Å². The number of rotatable bonds is 3. The first kappa shape index (κ1) is 18.6. The fourth-order valence-electron chi connectivity index (χ4n) is 3.73. The van der Waals surface area contributed by atoms with Crippen LogP contribution < -0.4 is 0 Å². The standard InChI is InChI=1S/C22H28F2/c1-21(2,3)19(15-7-11-17(23)12-8-15)20(22(4,5)6)16-9-13-18(24)14-10-16/h7-14,19-20H,1-6H3. The first-order chi connectivity index (χ1) is 11.0. The molecule has 0 radical (unpaired) electrons. The number of halogens is 2. The maximum Gasteiger partial charge on any atom is 0.123 e. The van der Waals surface area contributed by atoms with E-state index in [1.54, 1.807) is 0 Å². The van der Waals surface area contributed by atoms with E-state index in [2.05, 4.69) is 41.5 Å². The summed E-state index contributed by atoms with van der Waals surface area (Å²) in [5.41, 5.74) is 2.19. The third-order valence-corrected chi connectivity index (χ3v) is 4.66. The molecule has 0 aliphatic rings. The van der Waals surface area contributed by atoms with Crippen LogP contribution in [0, 0.1) is 22.5 Å². The van der Waals surface area contributed by atoms with Crippen molar-refractivity contribution in [2.24, 2.45) is 10.8 Å². The van der Waals surface area contributed by atoms with Crippen LogP contribution in [0.4, 0.5) is 8.78 Å². The molecule has 0 aliphatic heterocycles. The van der Waals surface area contributed by atoms with Crippen molar-refractivity contribution >= 4 is 0 Å². The molecule has 2 unspecified atom stereocenters. The maximum atomic E-state index is 13.4. The Morgan fingerprint density at radius 2 is 0.792 bits per heavy atom. The van der Waals surface area contributed by atoms with E-state index < -0.39 is 0 Å². The average Bonchev–Trinajstić information content (AvgIpc) is 2.45. The molecule has 0 aromatic heterocycles. The zero-order chi connectivity index (χ0) is 18.1. The quantitative estimate of drug-likeness (QED) is 0.572.